The number of benzene rings is 2. The lowest BCUT2D eigenvalue weighted by atomic mass is 9.96. The van der Waals surface area contributed by atoms with Crippen molar-refractivity contribution in [2.45, 2.75) is 52.1 Å². The molecule has 0 saturated carbocycles. The summed E-state index contributed by atoms with van der Waals surface area (Å²) in [5.41, 5.74) is 1.60. The fraction of sp³-hybridized carbons (Fsp3) is 0.345. The topological polar surface area (TPSA) is 110 Å². The molecule has 2 N–H and O–H groups in total. The SMILES string of the molecule is CC(C)c1ccc(C(C(=O)NC(C)(C)C)N(C(=O)CNC(=O)c2ccco2)c2ccc3c(c2)OCO3)cc1. The Morgan fingerprint density at radius 3 is 2.26 bits per heavy atom. The molecule has 3 amide bonds. The van der Waals surface area contributed by atoms with Gasteiger partial charge in [-0.15, -0.1) is 0 Å². The number of anilines is 1. The number of nitrogens with one attached hydrogen (secondary N) is 2. The minimum absolute atomic E-state index is 0.0660. The normalized spacial score (nSPS) is 13.2. The van der Waals surface area contributed by atoms with Gasteiger partial charge in [-0.05, 0) is 62.1 Å². The maximum absolute atomic E-state index is 13.8. The Morgan fingerprint density at radius 2 is 1.63 bits per heavy atom. The molecule has 0 aliphatic carbocycles. The molecule has 9 heteroatoms. The quantitative estimate of drug-likeness (QED) is 0.452. The summed E-state index contributed by atoms with van der Waals surface area (Å²) in [6.45, 7) is 9.50. The number of ether oxygens (including phenoxy) is 2. The van der Waals surface area contributed by atoms with Crippen LogP contribution in [0.3, 0.4) is 0 Å². The smallest absolute Gasteiger partial charge is 0.287 e. The summed E-state index contributed by atoms with van der Waals surface area (Å²) in [4.78, 5) is 41.5. The predicted molar refractivity (Wildman–Crippen MR) is 142 cm³/mol. The van der Waals surface area contributed by atoms with E-state index in [1.807, 2.05) is 45.0 Å². The lowest BCUT2D eigenvalue weighted by Crippen LogP contribution is -2.51. The molecule has 200 valence electrons. The van der Waals surface area contributed by atoms with Gasteiger partial charge >= 0.3 is 0 Å². The predicted octanol–water partition coefficient (Wildman–Crippen LogP) is 4.55. The van der Waals surface area contributed by atoms with Crippen molar-refractivity contribution in [3.8, 4) is 11.5 Å². The van der Waals surface area contributed by atoms with E-state index in [9.17, 15) is 14.4 Å². The molecule has 0 fully saturated rings. The average molecular weight is 520 g/mol. The number of carbonyl (C=O) groups is 3. The van der Waals surface area contributed by atoms with E-state index in [1.54, 1.807) is 24.3 Å². The molecular weight excluding hydrogens is 486 g/mol. The molecule has 1 atom stereocenters. The Kier molecular flexibility index (Phi) is 7.75. The summed E-state index contributed by atoms with van der Waals surface area (Å²) < 4.78 is 16.1. The van der Waals surface area contributed by atoms with Gasteiger partial charge in [-0.2, -0.15) is 0 Å². The highest BCUT2D eigenvalue weighted by atomic mass is 16.7. The molecule has 2 heterocycles. The first-order chi connectivity index (χ1) is 18.0. The maximum atomic E-state index is 13.8. The molecule has 0 spiro atoms. The summed E-state index contributed by atoms with van der Waals surface area (Å²) in [6, 6.07) is 14.7. The Hall–Kier alpha value is -4.27. The van der Waals surface area contributed by atoms with Crippen LogP contribution < -0.4 is 25.0 Å². The first kappa shape index (κ1) is 26.8. The van der Waals surface area contributed by atoms with Crippen LogP contribution in [0.2, 0.25) is 0 Å². The number of furan rings is 1. The van der Waals surface area contributed by atoms with Crippen LogP contribution in [0.25, 0.3) is 0 Å². The second-order valence-corrected chi connectivity index (χ2v) is 10.4. The molecular formula is C29H33N3O6. The van der Waals surface area contributed by atoms with Gasteiger partial charge in [0.05, 0.1) is 12.8 Å². The van der Waals surface area contributed by atoms with Crippen LogP contribution in [-0.4, -0.2) is 36.6 Å². The van der Waals surface area contributed by atoms with E-state index < -0.39 is 23.4 Å². The van der Waals surface area contributed by atoms with Gasteiger partial charge in [0.1, 0.15) is 6.04 Å². The largest absolute Gasteiger partial charge is 0.459 e. The third-order valence-electron chi connectivity index (χ3n) is 5.97. The zero-order valence-corrected chi connectivity index (χ0v) is 22.2. The molecule has 1 aliphatic rings. The fourth-order valence-electron chi connectivity index (χ4n) is 4.13. The molecule has 9 nitrogen and oxygen atoms in total. The van der Waals surface area contributed by atoms with Crippen LogP contribution in [0, 0.1) is 0 Å². The zero-order chi connectivity index (χ0) is 27.4. The van der Waals surface area contributed by atoms with Gasteiger partial charge in [0, 0.05) is 17.3 Å². The fourth-order valence-corrected chi connectivity index (χ4v) is 4.13. The molecule has 0 radical (unpaired) electrons. The second-order valence-electron chi connectivity index (χ2n) is 10.4. The van der Waals surface area contributed by atoms with Gasteiger partial charge in [0.2, 0.25) is 18.6 Å². The summed E-state index contributed by atoms with van der Waals surface area (Å²) in [6.07, 6.45) is 1.38. The van der Waals surface area contributed by atoms with Gasteiger partial charge in [0.25, 0.3) is 5.91 Å². The number of fused-ring (bicyclic) bond motifs is 1. The van der Waals surface area contributed by atoms with Gasteiger partial charge in [-0.25, -0.2) is 0 Å². The number of nitrogens with zero attached hydrogens (tertiary/aromatic N) is 1. The molecule has 1 aromatic heterocycles. The van der Waals surface area contributed by atoms with Crippen LogP contribution in [0.4, 0.5) is 5.69 Å². The van der Waals surface area contributed by atoms with Crippen molar-refractivity contribution < 1.29 is 28.3 Å². The number of carbonyl (C=O) groups excluding carboxylic acids is 3. The summed E-state index contributed by atoms with van der Waals surface area (Å²) >= 11 is 0. The van der Waals surface area contributed by atoms with Gasteiger partial charge in [-0.1, -0.05) is 38.1 Å². The van der Waals surface area contributed by atoms with Crippen molar-refractivity contribution in [1.82, 2.24) is 10.6 Å². The van der Waals surface area contributed by atoms with Crippen LogP contribution in [0.1, 0.15) is 68.3 Å². The number of rotatable bonds is 8. The minimum Gasteiger partial charge on any atom is -0.459 e. The van der Waals surface area contributed by atoms with Crippen molar-refractivity contribution in [2.24, 2.45) is 0 Å². The second kappa shape index (κ2) is 11.0. The number of amides is 3. The first-order valence-corrected chi connectivity index (χ1v) is 12.5. The van der Waals surface area contributed by atoms with Crippen LogP contribution in [0.5, 0.6) is 11.5 Å². The molecule has 0 bridgehead atoms. The van der Waals surface area contributed by atoms with E-state index >= 15 is 0 Å². The third-order valence-corrected chi connectivity index (χ3v) is 5.97. The van der Waals surface area contributed by atoms with E-state index in [4.69, 9.17) is 13.9 Å². The van der Waals surface area contributed by atoms with Crippen LogP contribution in [-0.2, 0) is 9.59 Å². The summed E-state index contributed by atoms with van der Waals surface area (Å²) in [7, 11) is 0. The standard InChI is InChI=1S/C29H33N3O6/c1-18(2)19-8-10-20(11-9-19)26(28(35)31-29(3,4)5)32(21-12-13-22-24(15-21)38-17-37-22)25(33)16-30-27(34)23-7-6-14-36-23/h6-15,18,26H,16-17H2,1-5H3,(H,30,34)(H,31,35). The average Bonchev–Trinajstić information content (AvgIpc) is 3.56. The lowest BCUT2D eigenvalue weighted by Gasteiger charge is -2.34. The Morgan fingerprint density at radius 1 is 0.947 bits per heavy atom. The van der Waals surface area contributed by atoms with Crippen molar-refractivity contribution >= 4 is 23.4 Å². The summed E-state index contributed by atoms with van der Waals surface area (Å²) in [5, 5.41) is 5.60. The zero-order valence-electron chi connectivity index (χ0n) is 22.2. The van der Waals surface area contributed by atoms with Crippen molar-refractivity contribution in [3.05, 3.63) is 77.7 Å². The van der Waals surface area contributed by atoms with Gasteiger partial charge in [0.15, 0.2) is 17.3 Å². The first-order valence-electron chi connectivity index (χ1n) is 12.5. The summed E-state index contributed by atoms with van der Waals surface area (Å²) in [5.74, 6) is -0.00254. The minimum atomic E-state index is -1.02. The number of hydrogen-bond donors (Lipinski definition) is 2. The highest BCUT2D eigenvalue weighted by Crippen LogP contribution is 2.38. The molecule has 3 aromatic rings. The molecule has 0 saturated heterocycles. The van der Waals surface area contributed by atoms with E-state index in [0.717, 1.165) is 5.56 Å². The molecule has 38 heavy (non-hydrogen) atoms. The highest BCUT2D eigenvalue weighted by molar-refractivity contribution is 6.04. The van der Waals surface area contributed by atoms with E-state index in [2.05, 4.69) is 24.5 Å². The molecule has 1 aliphatic heterocycles. The van der Waals surface area contributed by atoms with E-state index in [1.165, 1.54) is 17.2 Å². The molecule has 4 rings (SSSR count). The van der Waals surface area contributed by atoms with Crippen LogP contribution >= 0.6 is 0 Å². The monoisotopic (exact) mass is 519 g/mol. The highest BCUT2D eigenvalue weighted by Gasteiger charge is 2.35. The van der Waals surface area contributed by atoms with E-state index in [0.29, 0.717) is 28.7 Å². The van der Waals surface area contributed by atoms with Crippen molar-refractivity contribution in [1.29, 1.82) is 0 Å². The maximum Gasteiger partial charge on any atom is 0.287 e. The molecule has 2 aromatic carbocycles. The Balaban J connectivity index is 1.75. The number of hydrogen-bond acceptors (Lipinski definition) is 6. The van der Waals surface area contributed by atoms with Crippen molar-refractivity contribution in [3.63, 3.8) is 0 Å². The van der Waals surface area contributed by atoms with Crippen LogP contribution in [0.15, 0.2) is 65.3 Å². The Labute approximate surface area is 222 Å². The Bertz CT molecular complexity index is 1290. The lowest BCUT2D eigenvalue weighted by molar-refractivity contribution is -0.127. The third kappa shape index (κ3) is 6.16. The van der Waals surface area contributed by atoms with Crippen molar-refractivity contribution in [2.75, 3.05) is 18.2 Å². The molecule has 1 unspecified atom stereocenters. The van der Waals surface area contributed by atoms with E-state index in [-0.39, 0.29) is 25.0 Å². The van der Waals surface area contributed by atoms with Gasteiger partial charge < -0.3 is 24.5 Å². The van der Waals surface area contributed by atoms with Gasteiger partial charge in [-0.3, -0.25) is 19.3 Å².